The Bertz CT molecular complexity index is 1070. The van der Waals surface area contributed by atoms with Crippen LogP contribution in [0.1, 0.15) is 29.8 Å². The van der Waals surface area contributed by atoms with Gasteiger partial charge in [-0.25, -0.2) is 4.98 Å². The zero-order chi connectivity index (χ0) is 22.5. The number of anilines is 2. The molecule has 2 saturated heterocycles. The summed E-state index contributed by atoms with van der Waals surface area (Å²) in [6.07, 6.45) is 7.54. The van der Waals surface area contributed by atoms with E-state index in [4.69, 9.17) is 0 Å². The number of benzene rings is 1. The van der Waals surface area contributed by atoms with Crippen molar-refractivity contribution in [1.82, 2.24) is 25.4 Å². The lowest BCUT2D eigenvalue weighted by Gasteiger charge is -2.31. The summed E-state index contributed by atoms with van der Waals surface area (Å²) < 4.78 is 2.00. The first-order valence-electron chi connectivity index (χ1n) is 11.8. The molecule has 0 radical (unpaired) electrons. The van der Waals surface area contributed by atoms with E-state index >= 15 is 0 Å². The van der Waals surface area contributed by atoms with E-state index in [9.17, 15) is 4.79 Å². The Balaban J connectivity index is 1.22. The smallest absolute Gasteiger partial charge is 0.275 e. The predicted octanol–water partition coefficient (Wildman–Crippen LogP) is 3.06. The minimum atomic E-state index is -0.182. The quantitative estimate of drug-likeness (QED) is 0.497. The lowest BCUT2D eigenvalue weighted by molar-refractivity contribution is 0.102. The molecular weight excluding hydrogens is 434 g/mol. The molecule has 0 atom stereocenters. The van der Waals surface area contributed by atoms with E-state index < -0.39 is 0 Å². The van der Waals surface area contributed by atoms with E-state index in [1.807, 2.05) is 40.7 Å². The van der Waals surface area contributed by atoms with Crippen molar-refractivity contribution in [3.63, 3.8) is 0 Å². The van der Waals surface area contributed by atoms with Gasteiger partial charge in [-0.05, 0) is 50.4 Å². The summed E-state index contributed by atoms with van der Waals surface area (Å²) in [7, 11) is 0. The standard InChI is InChI=1S/C24H31N7OS/c32-23(28-20-3-1-2-4-22(20)30-13-10-26-11-14-30)21-17-33-24(29-21)19-15-27-31(16-19)12-7-18-5-8-25-9-6-18/h1-4,15-18,25-26H,5-14H2,(H,28,32). The van der Waals surface area contributed by atoms with E-state index in [1.165, 1.54) is 24.2 Å². The first-order valence-corrected chi connectivity index (χ1v) is 12.7. The van der Waals surface area contributed by atoms with Crippen molar-refractivity contribution in [2.24, 2.45) is 5.92 Å². The molecule has 0 unspecified atom stereocenters. The summed E-state index contributed by atoms with van der Waals surface area (Å²) in [4.78, 5) is 19.9. The molecule has 33 heavy (non-hydrogen) atoms. The minimum Gasteiger partial charge on any atom is -0.367 e. The van der Waals surface area contributed by atoms with Crippen LogP contribution in [0.5, 0.6) is 0 Å². The van der Waals surface area contributed by atoms with Crippen LogP contribution in [0.2, 0.25) is 0 Å². The van der Waals surface area contributed by atoms with Gasteiger partial charge >= 0.3 is 0 Å². The maximum atomic E-state index is 13.0. The van der Waals surface area contributed by atoms with Crippen LogP contribution in [0, 0.1) is 5.92 Å². The van der Waals surface area contributed by atoms with E-state index in [0.29, 0.717) is 5.69 Å². The molecule has 2 aliphatic rings. The fraction of sp³-hybridized carbons (Fsp3) is 0.458. The number of piperidine rings is 1. The van der Waals surface area contributed by atoms with Crippen molar-refractivity contribution in [1.29, 1.82) is 0 Å². The molecule has 0 saturated carbocycles. The zero-order valence-electron chi connectivity index (χ0n) is 18.8. The molecule has 8 nitrogen and oxygen atoms in total. The van der Waals surface area contributed by atoms with Crippen LogP contribution >= 0.6 is 11.3 Å². The molecule has 0 bridgehead atoms. The second-order valence-corrected chi connectivity index (χ2v) is 9.58. The highest BCUT2D eigenvalue weighted by Crippen LogP contribution is 2.28. The van der Waals surface area contributed by atoms with Crippen molar-refractivity contribution in [2.75, 3.05) is 49.5 Å². The largest absolute Gasteiger partial charge is 0.367 e. The van der Waals surface area contributed by atoms with Crippen LogP contribution in [0.3, 0.4) is 0 Å². The Labute approximate surface area is 198 Å². The predicted molar refractivity (Wildman–Crippen MR) is 133 cm³/mol. The SMILES string of the molecule is O=C(Nc1ccccc1N1CCNCC1)c1csc(-c2cnn(CCC3CCNCC3)c2)n1. The number of para-hydroxylation sites is 2. The molecule has 4 heterocycles. The van der Waals surface area contributed by atoms with Crippen LogP contribution in [0.15, 0.2) is 42.0 Å². The number of carbonyl (C=O) groups is 1. The molecular formula is C24H31N7OS. The van der Waals surface area contributed by atoms with Gasteiger partial charge in [0.05, 0.1) is 17.6 Å². The monoisotopic (exact) mass is 465 g/mol. The molecule has 1 aromatic carbocycles. The number of piperazine rings is 1. The van der Waals surface area contributed by atoms with Gasteiger partial charge in [-0.3, -0.25) is 9.48 Å². The maximum absolute atomic E-state index is 13.0. The van der Waals surface area contributed by atoms with Gasteiger partial charge in [0.1, 0.15) is 10.7 Å². The highest BCUT2D eigenvalue weighted by Gasteiger charge is 2.18. The lowest BCUT2D eigenvalue weighted by atomic mass is 9.95. The van der Waals surface area contributed by atoms with Gasteiger partial charge in [-0.2, -0.15) is 5.10 Å². The third-order valence-electron chi connectivity index (χ3n) is 6.45. The highest BCUT2D eigenvalue weighted by molar-refractivity contribution is 7.13. The van der Waals surface area contributed by atoms with Crippen LogP contribution in [0.25, 0.3) is 10.6 Å². The minimum absolute atomic E-state index is 0.182. The van der Waals surface area contributed by atoms with Crippen LogP contribution in [0.4, 0.5) is 11.4 Å². The fourth-order valence-corrected chi connectivity index (χ4v) is 5.31. The summed E-state index contributed by atoms with van der Waals surface area (Å²) >= 11 is 1.48. The number of nitrogens with zero attached hydrogens (tertiary/aromatic N) is 4. The molecule has 2 fully saturated rings. The van der Waals surface area contributed by atoms with Gasteiger partial charge in [0.25, 0.3) is 5.91 Å². The average Bonchev–Trinajstić information content (AvgIpc) is 3.54. The molecule has 1 amide bonds. The van der Waals surface area contributed by atoms with Crippen LogP contribution in [-0.2, 0) is 6.54 Å². The summed E-state index contributed by atoms with van der Waals surface area (Å²) in [5.74, 6) is 0.594. The van der Waals surface area contributed by atoms with Gasteiger partial charge < -0.3 is 20.9 Å². The number of hydrogen-bond donors (Lipinski definition) is 3. The number of nitrogens with one attached hydrogen (secondary N) is 3. The highest BCUT2D eigenvalue weighted by atomic mass is 32.1. The van der Waals surface area contributed by atoms with E-state index in [0.717, 1.165) is 80.1 Å². The van der Waals surface area contributed by atoms with E-state index in [-0.39, 0.29) is 5.91 Å². The van der Waals surface area contributed by atoms with Gasteiger partial charge in [0, 0.05) is 49.9 Å². The van der Waals surface area contributed by atoms with Gasteiger partial charge in [0.15, 0.2) is 0 Å². The molecule has 5 rings (SSSR count). The lowest BCUT2D eigenvalue weighted by Crippen LogP contribution is -2.43. The Morgan fingerprint density at radius 3 is 2.76 bits per heavy atom. The number of aryl methyl sites for hydroxylation is 1. The zero-order valence-corrected chi connectivity index (χ0v) is 19.6. The van der Waals surface area contributed by atoms with Crippen LogP contribution in [-0.4, -0.2) is 59.9 Å². The Morgan fingerprint density at radius 1 is 1.12 bits per heavy atom. The first-order chi connectivity index (χ1) is 16.3. The second kappa shape index (κ2) is 10.5. The van der Waals surface area contributed by atoms with Crippen molar-refractivity contribution in [3.8, 4) is 10.6 Å². The molecule has 0 spiro atoms. The van der Waals surface area contributed by atoms with Crippen molar-refractivity contribution in [3.05, 3.63) is 47.7 Å². The average molecular weight is 466 g/mol. The summed E-state index contributed by atoms with van der Waals surface area (Å²) in [6, 6.07) is 7.98. The Kier molecular flexibility index (Phi) is 6.99. The topological polar surface area (TPSA) is 87.1 Å². The van der Waals surface area contributed by atoms with Gasteiger partial charge in [-0.1, -0.05) is 12.1 Å². The number of hydrogen-bond acceptors (Lipinski definition) is 7. The molecule has 0 aliphatic carbocycles. The number of thiazole rings is 1. The number of aromatic nitrogens is 3. The summed E-state index contributed by atoms with van der Waals surface area (Å²) in [5.41, 5.74) is 3.28. The molecule has 3 N–H and O–H groups in total. The maximum Gasteiger partial charge on any atom is 0.275 e. The number of rotatable bonds is 7. The molecule has 9 heteroatoms. The second-order valence-electron chi connectivity index (χ2n) is 8.72. The Hall–Kier alpha value is -2.75. The first kappa shape index (κ1) is 22.1. The number of carbonyl (C=O) groups excluding carboxylic acids is 1. The molecule has 2 aromatic heterocycles. The van der Waals surface area contributed by atoms with E-state index in [2.05, 4.69) is 37.0 Å². The normalized spacial score (nSPS) is 17.3. The van der Waals surface area contributed by atoms with E-state index in [1.54, 1.807) is 0 Å². The number of amides is 1. The van der Waals surface area contributed by atoms with Crippen molar-refractivity contribution >= 4 is 28.6 Å². The third kappa shape index (κ3) is 5.43. The Morgan fingerprint density at radius 2 is 1.91 bits per heavy atom. The van der Waals surface area contributed by atoms with Gasteiger partial charge in [0.2, 0.25) is 0 Å². The third-order valence-corrected chi connectivity index (χ3v) is 7.34. The van der Waals surface area contributed by atoms with Crippen LogP contribution < -0.4 is 20.9 Å². The van der Waals surface area contributed by atoms with Crippen molar-refractivity contribution < 1.29 is 4.79 Å². The summed E-state index contributed by atoms with van der Waals surface area (Å²) in [5, 5.41) is 17.0. The molecule has 174 valence electrons. The molecule has 3 aromatic rings. The molecule has 2 aliphatic heterocycles. The fourth-order valence-electron chi connectivity index (χ4n) is 4.54. The summed E-state index contributed by atoms with van der Waals surface area (Å²) in [6.45, 7) is 6.92. The van der Waals surface area contributed by atoms with Crippen molar-refractivity contribution in [2.45, 2.75) is 25.8 Å². The van der Waals surface area contributed by atoms with Gasteiger partial charge in [-0.15, -0.1) is 11.3 Å².